The summed E-state index contributed by atoms with van der Waals surface area (Å²) in [5, 5.41) is 0.846. The third-order valence-corrected chi connectivity index (χ3v) is 2.17. The highest BCUT2D eigenvalue weighted by Gasteiger charge is 1.98. The Hall–Kier alpha value is -0.490. The molecule has 1 aromatic carbocycles. The normalized spacial score (nSPS) is 10.1. The van der Waals surface area contributed by atoms with Crippen LogP contribution in [0.15, 0.2) is 18.2 Å². The predicted molar refractivity (Wildman–Crippen MR) is 50.2 cm³/mol. The first kappa shape index (κ1) is 8.61. The lowest BCUT2D eigenvalue weighted by Crippen LogP contribution is -1.89. The van der Waals surface area contributed by atoms with Gasteiger partial charge in [0.05, 0.1) is 0 Å². The van der Waals surface area contributed by atoms with Gasteiger partial charge in [-0.05, 0) is 36.1 Å². The minimum Gasteiger partial charge on any atom is -0.0843 e. The first-order valence-electron chi connectivity index (χ1n) is 4.05. The first-order chi connectivity index (χ1) is 5.27. The Kier molecular flexibility index (Phi) is 2.95. The van der Waals surface area contributed by atoms with Crippen LogP contribution in [0.1, 0.15) is 25.0 Å². The molecule has 0 fully saturated rings. The van der Waals surface area contributed by atoms with Gasteiger partial charge in [0.2, 0.25) is 0 Å². The average molecular weight is 169 g/mol. The molecule has 0 aliphatic rings. The third-order valence-electron chi connectivity index (χ3n) is 1.93. The van der Waals surface area contributed by atoms with Gasteiger partial charge in [0.25, 0.3) is 0 Å². The lowest BCUT2D eigenvalue weighted by molar-refractivity contribution is 1.04. The van der Waals surface area contributed by atoms with Gasteiger partial charge in [0, 0.05) is 5.02 Å². The van der Waals surface area contributed by atoms with Gasteiger partial charge in [0.1, 0.15) is 0 Å². The maximum atomic E-state index is 5.85. The predicted octanol–water partition coefficient (Wildman–Crippen LogP) is 3.46. The van der Waals surface area contributed by atoms with Crippen LogP contribution in [0.3, 0.4) is 0 Å². The second-order valence-corrected chi connectivity index (χ2v) is 3.06. The smallest absolute Gasteiger partial charge is 0.0408 e. The SMILES string of the molecule is CCc1ccc(Cl)cc1CC. The minimum atomic E-state index is 0.846. The zero-order chi connectivity index (χ0) is 8.27. The Balaban J connectivity index is 3.06. The van der Waals surface area contributed by atoms with Crippen LogP contribution in [0.5, 0.6) is 0 Å². The van der Waals surface area contributed by atoms with E-state index in [1.807, 2.05) is 6.07 Å². The Morgan fingerprint density at radius 2 is 1.73 bits per heavy atom. The average Bonchev–Trinajstić information content (AvgIpc) is 2.04. The van der Waals surface area contributed by atoms with Gasteiger partial charge < -0.3 is 0 Å². The van der Waals surface area contributed by atoms with Crippen molar-refractivity contribution in [3.8, 4) is 0 Å². The molecule has 1 rings (SSSR count). The molecule has 0 aliphatic heterocycles. The van der Waals surface area contributed by atoms with Crippen molar-refractivity contribution in [2.24, 2.45) is 0 Å². The molecule has 0 saturated carbocycles. The van der Waals surface area contributed by atoms with Crippen molar-refractivity contribution in [3.05, 3.63) is 34.3 Å². The van der Waals surface area contributed by atoms with Gasteiger partial charge >= 0.3 is 0 Å². The van der Waals surface area contributed by atoms with Crippen molar-refractivity contribution in [3.63, 3.8) is 0 Å². The van der Waals surface area contributed by atoms with Crippen LogP contribution in [0.25, 0.3) is 0 Å². The molecule has 11 heavy (non-hydrogen) atoms. The summed E-state index contributed by atoms with van der Waals surface area (Å²) in [7, 11) is 0. The maximum absolute atomic E-state index is 5.85. The summed E-state index contributed by atoms with van der Waals surface area (Å²) in [5.74, 6) is 0. The highest BCUT2D eigenvalue weighted by atomic mass is 35.5. The Bertz CT molecular complexity index is 241. The van der Waals surface area contributed by atoms with E-state index < -0.39 is 0 Å². The Morgan fingerprint density at radius 1 is 1.09 bits per heavy atom. The number of halogens is 1. The molecular weight excluding hydrogens is 156 g/mol. The zero-order valence-corrected chi connectivity index (χ0v) is 7.78. The van der Waals surface area contributed by atoms with E-state index in [1.165, 1.54) is 11.1 Å². The van der Waals surface area contributed by atoms with E-state index in [0.29, 0.717) is 0 Å². The molecule has 1 aromatic rings. The van der Waals surface area contributed by atoms with Crippen LogP contribution in [0.4, 0.5) is 0 Å². The summed E-state index contributed by atoms with van der Waals surface area (Å²) in [4.78, 5) is 0. The number of aryl methyl sites for hydroxylation is 2. The Morgan fingerprint density at radius 3 is 2.27 bits per heavy atom. The van der Waals surface area contributed by atoms with E-state index >= 15 is 0 Å². The van der Waals surface area contributed by atoms with Gasteiger partial charge in [-0.1, -0.05) is 31.5 Å². The van der Waals surface area contributed by atoms with Gasteiger partial charge in [-0.25, -0.2) is 0 Å². The maximum Gasteiger partial charge on any atom is 0.0408 e. The van der Waals surface area contributed by atoms with Crippen molar-refractivity contribution in [2.75, 3.05) is 0 Å². The minimum absolute atomic E-state index is 0.846. The molecule has 0 unspecified atom stereocenters. The third kappa shape index (κ3) is 1.97. The van der Waals surface area contributed by atoms with Gasteiger partial charge in [-0.3, -0.25) is 0 Å². The van der Waals surface area contributed by atoms with Gasteiger partial charge in [0.15, 0.2) is 0 Å². The highest BCUT2D eigenvalue weighted by Crippen LogP contribution is 2.16. The molecule has 0 aliphatic carbocycles. The standard InChI is InChI=1S/C10H13Cl/c1-3-8-5-6-10(11)7-9(8)4-2/h5-7H,3-4H2,1-2H3. The van der Waals surface area contributed by atoms with Crippen LogP contribution in [0, 0.1) is 0 Å². The lowest BCUT2D eigenvalue weighted by atomic mass is 10.0. The van der Waals surface area contributed by atoms with Crippen LogP contribution in [-0.4, -0.2) is 0 Å². The molecule has 0 heterocycles. The number of benzene rings is 1. The molecule has 0 radical (unpaired) electrons. The summed E-state index contributed by atoms with van der Waals surface area (Å²) >= 11 is 5.85. The Labute approximate surface area is 73.2 Å². The molecule has 0 spiro atoms. The molecule has 0 N–H and O–H groups in total. The molecule has 1 heteroatoms. The van der Waals surface area contributed by atoms with Crippen molar-refractivity contribution >= 4 is 11.6 Å². The first-order valence-corrected chi connectivity index (χ1v) is 4.43. The molecule has 0 bridgehead atoms. The van der Waals surface area contributed by atoms with E-state index in [9.17, 15) is 0 Å². The van der Waals surface area contributed by atoms with E-state index in [2.05, 4.69) is 26.0 Å². The van der Waals surface area contributed by atoms with Crippen molar-refractivity contribution in [1.82, 2.24) is 0 Å². The fraction of sp³-hybridized carbons (Fsp3) is 0.400. The van der Waals surface area contributed by atoms with Crippen molar-refractivity contribution in [1.29, 1.82) is 0 Å². The molecular formula is C10H13Cl. The number of hydrogen-bond acceptors (Lipinski definition) is 0. The topological polar surface area (TPSA) is 0 Å². The number of rotatable bonds is 2. The summed E-state index contributed by atoms with van der Waals surface area (Å²) in [6, 6.07) is 6.13. The molecule has 0 saturated heterocycles. The van der Waals surface area contributed by atoms with Crippen molar-refractivity contribution < 1.29 is 0 Å². The van der Waals surface area contributed by atoms with E-state index in [1.54, 1.807) is 0 Å². The van der Waals surface area contributed by atoms with Crippen LogP contribution < -0.4 is 0 Å². The van der Waals surface area contributed by atoms with E-state index in [0.717, 1.165) is 17.9 Å². The van der Waals surface area contributed by atoms with Crippen LogP contribution in [0.2, 0.25) is 5.02 Å². The highest BCUT2D eigenvalue weighted by molar-refractivity contribution is 6.30. The molecule has 0 amide bonds. The summed E-state index contributed by atoms with van der Waals surface area (Å²) in [6.07, 6.45) is 2.17. The number of hydrogen-bond donors (Lipinski definition) is 0. The molecule has 0 atom stereocenters. The van der Waals surface area contributed by atoms with Gasteiger partial charge in [-0.2, -0.15) is 0 Å². The summed E-state index contributed by atoms with van der Waals surface area (Å²) in [6.45, 7) is 4.33. The molecule has 0 aromatic heterocycles. The van der Waals surface area contributed by atoms with Crippen molar-refractivity contribution in [2.45, 2.75) is 26.7 Å². The summed E-state index contributed by atoms with van der Waals surface area (Å²) < 4.78 is 0. The van der Waals surface area contributed by atoms with Crippen LogP contribution >= 0.6 is 11.6 Å². The monoisotopic (exact) mass is 168 g/mol. The largest absolute Gasteiger partial charge is 0.0843 e. The lowest BCUT2D eigenvalue weighted by Gasteiger charge is -2.04. The second-order valence-electron chi connectivity index (χ2n) is 2.62. The van der Waals surface area contributed by atoms with Crippen LogP contribution in [-0.2, 0) is 12.8 Å². The zero-order valence-electron chi connectivity index (χ0n) is 7.02. The quantitative estimate of drug-likeness (QED) is 0.635. The van der Waals surface area contributed by atoms with E-state index in [-0.39, 0.29) is 0 Å². The van der Waals surface area contributed by atoms with E-state index in [4.69, 9.17) is 11.6 Å². The summed E-state index contributed by atoms with van der Waals surface area (Å²) in [5.41, 5.74) is 2.79. The molecule has 0 nitrogen and oxygen atoms in total. The molecule has 60 valence electrons. The fourth-order valence-corrected chi connectivity index (χ4v) is 1.46. The second kappa shape index (κ2) is 3.77. The fourth-order valence-electron chi connectivity index (χ4n) is 1.27. The van der Waals surface area contributed by atoms with Gasteiger partial charge in [-0.15, -0.1) is 0 Å².